The summed E-state index contributed by atoms with van der Waals surface area (Å²) in [5, 5.41) is 0.588. The Hall–Kier alpha value is -2.44. The van der Waals surface area contributed by atoms with Crippen LogP contribution in [0.4, 0.5) is 0 Å². The number of amides is 1. The third-order valence-electron chi connectivity index (χ3n) is 4.30. The van der Waals surface area contributed by atoms with Gasteiger partial charge in [-0.15, -0.1) is 0 Å². The molecule has 1 heterocycles. The highest BCUT2D eigenvalue weighted by molar-refractivity contribution is 7.16. The highest BCUT2D eigenvalue weighted by Crippen LogP contribution is 2.22. The highest BCUT2D eigenvalue weighted by Gasteiger charge is 2.13. The number of fused-ring (bicyclic) bond motifs is 1. The van der Waals surface area contributed by atoms with Gasteiger partial charge in [-0.2, -0.15) is 4.99 Å². The molecule has 0 spiro atoms. The Morgan fingerprint density at radius 2 is 1.96 bits per heavy atom. The number of carbonyl (C=O) groups excluding carboxylic acids is 2. The van der Waals surface area contributed by atoms with E-state index in [4.69, 9.17) is 16.3 Å². The van der Waals surface area contributed by atoms with Crippen molar-refractivity contribution in [3.63, 3.8) is 0 Å². The van der Waals surface area contributed by atoms with Crippen molar-refractivity contribution in [3.8, 4) is 0 Å². The monoisotopic (exact) mass is 416 g/mol. The van der Waals surface area contributed by atoms with Crippen molar-refractivity contribution in [1.82, 2.24) is 4.57 Å². The average molecular weight is 417 g/mol. The van der Waals surface area contributed by atoms with Gasteiger partial charge in [-0.25, -0.2) is 0 Å². The number of esters is 1. The third kappa shape index (κ3) is 4.69. The molecule has 3 rings (SSSR count). The van der Waals surface area contributed by atoms with Crippen molar-refractivity contribution in [1.29, 1.82) is 0 Å². The van der Waals surface area contributed by atoms with Gasteiger partial charge >= 0.3 is 5.97 Å². The van der Waals surface area contributed by atoms with Crippen LogP contribution in [0.15, 0.2) is 41.4 Å². The summed E-state index contributed by atoms with van der Waals surface area (Å²) in [6.45, 7) is 6.05. The van der Waals surface area contributed by atoms with Crippen LogP contribution in [0, 0.1) is 13.8 Å². The summed E-state index contributed by atoms with van der Waals surface area (Å²) < 4.78 is 7.62. The summed E-state index contributed by atoms with van der Waals surface area (Å²) in [6, 6.07) is 11.4. The van der Waals surface area contributed by atoms with Gasteiger partial charge < -0.3 is 9.30 Å². The molecule has 0 fully saturated rings. The van der Waals surface area contributed by atoms with Crippen LogP contribution < -0.4 is 4.80 Å². The number of hydrogen-bond acceptors (Lipinski definition) is 4. The minimum Gasteiger partial charge on any atom is -0.465 e. The fraction of sp³-hybridized carbons (Fsp3) is 0.286. The molecule has 0 radical (unpaired) electrons. The van der Waals surface area contributed by atoms with Crippen molar-refractivity contribution in [2.75, 3.05) is 6.61 Å². The van der Waals surface area contributed by atoms with Crippen LogP contribution in [-0.2, 0) is 27.3 Å². The molecular weight excluding hydrogens is 396 g/mol. The molecule has 1 aromatic heterocycles. The van der Waals surface area contributed by atoms with Gasteiger partial charge in [-0.3, -0.25) is 9.59 Å². The first-order valence-electron chi connectivity index (χ1n) is 8.95. The molecule has 0 aliphatic carbocycles. The highest BCUT2D eigenvalue weighted by atomic mass is 35.5. The number of benzene rings is 2. The molecule has 0 atom stereocenters. The molecule has 0 unspecified atom stereocenters. The molecule has 5 nitrogen and oxygen atoms in total. The zero-order chi connectivity index (χ0) is 20.3. The molecule has 146 valence electrons. The Morgan fingerprint density at radius 3 is 2.68 bits per heavy atom. The minimum atomic E-state index is -0.375. The lowest BCUT2D eigenvalue weighted by atomic mass is 10.0. The van der Waals surface area contributed by atoms with Crippen molar-refractivity contribution in [3.05, 3.63) is 62.9 Å². The number of thiazole rings is 1. The number of hydrogen-bond donors (Lipinski definition) is 0. The number of nitrogens with zero attached hydrogens (tertiary/aromatic N) is 2. The maximum absolute atomic E-state index is 12.6. The van der Waals surface area contributed by atoms with E-state index in [2.05, 4.69) is 4.99 Å². The van der Waals surface area contributed by atoms with Gasteiger partial charge in [-0.1, -0.05) is 46.7 Å². The first-order valence-corrected chi connectivity index (χ1v) is 10.1. The van der Waals surface area contributed by atoms with Crippen LogP contribution in [0.5, 0.6) is 0 Å². The van der Waals surface area contributed by atoms with Gasteiger partial charge in [0.05, 0.1) is 23.2 Å². The van der Waals surface area contributed by atoms with E-state index in [0.717, 1.165) is 26.9 Å². The fourth-order valence-corrected chi connectivity index (χ4v) is 4.30. The molecule has 0 bridgehead atoms. The number of carbonyl (C=O) groups is 2. The number of ether oxygens (including phenoxy) is 1. The second kappa shape index (κ2) is 8.71. The van der Waals surface area contributed by atoms with E-state index in [9.17, 15) is 9.59 Å². The Labute approximate surface area is 172 Å². The molecule has 7 heteroatoms. The summed E-state index contributed by atoms with van der Waals surface area (Å²) in [6.07, 6.45) is 0.209. The van der Waals surface area contributed by atoms with E-state index in [1.54, 1.807) is 23.6 Å². The number of aromatic nitrogens is 1. The summed E-state index contributed by atoms with van der Waals surface area (Å²) in [4.78, 5) is 29.4. The standard InChI is InChI=1S/C21H21ClN2O3S/c1-4-27-20(26)12-24-17-8-7-16(22)11-18(17)28-21(24)23-19(25)10-15-6-5-13(2)9-14(15)3/h5-9,11H,4,10,12H2,1-3H3. The normalized spacial score (nSPS) is 11.8. The van der Waals surface area contributed by atoms with Gasteiger partial charge in [0.1, 0.15) is 6.54 Å². The maximum atomic E-state index is 12.6. The maximum Gasteiger partial charge on any atom is 0.326 e. The van der Waals surface area contributed by atoms with Crippen LogP contribution in [-0.4, -0.2) is 23.1 Å². The van der Waals surface area contributed by atoms with Crippen molar-refractivity contribution >= 4 is 45.0 Å². The largest absolute Gasteiger partial charge is 0.465 e. The van der Waals surface area contributed by atoms with Crippen molar-refractivity contribution in [2.24, 2.45) is 4.99 Å². The quantitative estimate of drug-likeness (QED) is 0.585. The Morgan fingerprint density at radius 1 is 1.18 bits per heavy atom. The second-order valence-corrected chi connectivity index (χ2v) is 7.95. The van der Waals surface area contributed by atoms with Gasteiger partial charge in [0, 0.05) is 5.02 Å². The molecule has 28 heavy (non-hydrogen) atoms. The summed E-state index contributed by atoms with van der Waals surface area (Å²) in [7, 11) is 0. The smallest absolute Gasteiger partial charge is 0.326 e. The molecule has 3 aromatic rings. The fourth-order valence-electron chi connectivity index (χ4n) is 2.97. The van der Waals surface area contributed by atoms with Crippen LogP contribution in [0.2, 0.25) is 5.02 Å². The second-order valence-electron chi connectivity index (χ2n) is 6.50. The lowest BCUT2D eigenvalue weighted by molar-refractivity contribution is -0.143. The Kier molecular flexibility index (Phi) is 6.31. The summed E-state index contributed by atoms with van der Waals surface area (Å²) in [5.41, 5.74) is 3.95. The molecule has 0 saturated heterocycles. The predicted octanol–water partition coefficient (Wildman–Crippen LogP) is 4.21. The van der Waals surface area contributed by atoms with E-state index < -0.39 is 0 Å². The van der Waals surface area contributed by atoms with E-state index in [-0.39, 0.29) is 24.8 Å². The molecule has 0 N–H and O–H groups in total. The molecule has 2 aromatic carbocycles. The summed E-state index contributed by atoms with van der Waals surface area (Å²) >= 11 is 7.41. The van der Waals surface area contributed by atoms with Crippen LogP contribution in [0.25, 0.3) is 10.2 Å². The molecule has 0 aliphatic rings. The van der Waals surface area contributed by atoms with E-state index in [1.807, 2.05) is 38.1 Å². The van der Waals surface area contributed by atoms with E-state index >= 15 is 0 Å². The SMILES string of the molecule is CCOC(=O)Cn1c(=NC(=O)Cc2ccc(C)cc2C)sc2cc(Cl)ccc21. The summed E-state index contributed by atoms with van der Waals surface area (Å²) in [5.74, 6) is -0.636. The first kappa shape index (κ1) is 20.3. The van der Waals surface area contributed by atoms with Crippen LogP contribution in [0.1, 0.15) is 23.6 Å². The minimum absolute atomic E-state index is 0.00878. The third-order valence-corrected chi connectivity index (χ3v) is 5.57. The molecular formula is C21H21ClN2O3S. The van der Waals surface area contributed by atoms with Gasteiger partial charge in [0.15, 0.2) is 4.80 Å². The molecule has 1 amide bonds. The topological polar surface area (TPSA) is 60.7 Å². The van der Waals surface area contributed by atoms with Crippen molar-refractivity contribution < 1.29 is 14.3 Å². The van der Waals surface area contributed by atoms with E-state index in [1.165, 1.54) is 11.3 Å². The van der Waals surface area contributed by atoms with E-state index in [0.29, 0.717) is 16.4 Å². The Balaban J connectivity index is 1.99. The molecule has 0 saturated carbocycles. The van der Waals surface area contributed by atoms with Gasteiger partial charge in [0.2, 0.25) is 0 Å². The van der Waals surface area contributed by atoms with Crippen LogP contribution in [0.3, 0.4) is 0 Å². The lowest BCUT2D eigenvalue weighted by Crippen LogP contribution is -2.23. The zero-order valence-electron chi connectivity index (χ0n) is 16.0. The zero-order valence-corrected chi connectivity index (χ0v) is 17.6. The van der Waals surface area contributed by atoms with Crippen LogP contribution >= 0.6 is 22.9 Å². The van der Waals surface area contributed by atoms with Gasteiger partial charge in [0.25, 0.3) is 5.91 Å². The average Bonchev–Trinajstić information content (AvgIpc) is 2.93. The van der Waals surface area contributed by atoms with Crippen molar-refractivity contribution in [2.45, 2.75) is 33.7 Å². The number of halogens is 1. The number of aryl methyl sites for hydroxylation is 2. The number of rotatable bonds is 5. The Bertz CT molecular complexity index is 1110. The predicted molar refractivity (Wildman–Crippen MR) is 112 cm³/mol. The van der Waals surface area contributed by atoms with Gasteiger partial charge in [-0.05, 0) is 50.1 Å². The molecule has 0 aliphatic heterocycles. The first-order chi connectivity index (χ1) is 13.4. The lowest BCUT2D eigenvalue weighted by Gasteiger charge is -2.06.